The van der Waals surface area contributed by atoms with Crippen LogP contribution < -0.4 is 20.7 Å². The van der Waals surface area contributed by atoms with Gasteiger partial charge in [0, 0.05) is 11.8 Å². The molecule has 3 N–H and O–H groups in total. The maximum atomic E-state index is 13.4. The Hall–Kier alpha value is -3.37. The normalized spacial score (nSPS) is 18.0. The monoisotopic (exact) mass is 407 g/mol. The van der Waals surface area contributed by atoms with Gasteiger partial charge in [0.1, 0.15) is 30.8 Å². The molecular formula is C18H19F2N5O4. The van der Waals surface area contributed by atoms with Gasteiger partial charge in [-0.05, 0) is 19.1 Å². The number of halogens is 2. The number of nitrogens with two attached hydrogens (primary N) is 1. The Bertz CT molecular complexity index is 977. The summed E-state index contributed by atoms with van der Waals surface area (Å²) in [4.78, 5) is 28.5. The van der Waals surface area contributed by atoms with E-state index in [1.54, 1.807) is 25.1 Å². The van der Waals surface area contributed by atoms with Gasteiger partial charge < -0.3 is 25.1 Å². The van der Waals surface area contributed by atoms with Gasteiger partial charge in [-0.1, -0.05) is 0 Å². The van der Waals surface area contributed by atoms with E-state index in [1.807, 2.05) is 4.57 Å². The highest BCUT2D eigenvalue weighted by atomic mass is 19.3. The van der Waals surface area contributed by atoms with E-state index in [2.05, 4.69) is 10.3 Å². The van der Waals surface area contributed by atoms with Gasteiger partial charge in [-0.15, -0.1) is 0 Å². The summed E-state index contributed by atoms with van der Waals surface area (Å²) in [6.45, 7) is 2.05. The van der Waals surface area contributed by atoms with Crippen LogP contribution in [0.25, 0.3) is 11.4 Å². The van der Waals surface area contributed by atoms with Gasteiger partial charge in [0.25, 0.3) is 6.43 Å². The number of ether oxygens (including phenoxy) is 2. The van der Waals surface area contributed by atoms with Crippen LogP contribution in [0, 0.1) is 6.92 Å². The van der Waals surface area contributed by atoms with Crippen LogP contribution in [0.3, 0.4) is 0 Å². The number of benzene rings is 1. The number of carbonyl (C=O) groups is 2. The first-order chi connectivity index (χ1) is 13.9. The lowest BCUT2D eigenvalue weighted by molar-refractivity contribution is -0.116. The van der Waals surface area contributed by atoms with E-state index in [0.717, 1.165) is 4.90 Å². The quantitative estimate of drug-likeness (QED) is 0.781. The zero-order chi connectivity index (χ0) is 20.7. The molecule has 1 aromatic carbocycles. The van der Waals surface area contributed by atoms with Crippen LogP contribution in [0.15, 0.2) is 18.2 Å². The molecule has 3 heterocycles. The third-order valence-corrected chi connectivity index (χ3v) is 4.88. The second-order valence-corrected chi connectivity index (χ2v) is 6.72. The molecule has 0 spiro atoms. The Balaban J connectivity index is 1.74. The lowest BCUT2D eigenvalue weighted by atomic mass is 10.1. The summed E-state index contributed by atoms with van der Waals surface area (Å²) in [5.74, 6) is 0.669. The Labute approximate surface area is 164 Å². The number of rotatable bonds is 5. The number of aromatic nitrogens is 2. The summed E-state index contributed by atoms with van der Waals surface area (Å²) < 4.78 is 39.2. The number of primary amides is 1. The standard InChI is InChI=1S/C18H19F2N5O4/c1-9-16(25-12(15(19)20)8-29-18(25)27)23-17-11-3-2-10(22-7-14(21)26)6-13(11)28-5-4-24(9)17/h2-3,6,12,15,22H,4-5,7-8H2,1H3,(H2,21,26). The lowest BCUT2D eigenvalue weighted by Crippen LogP contribution is -2.39. The molecule has 11 heteroatoms. The Morgan fingerprint density at radius 3 is 2.93 bits per heavy atom. The molecular weight excluding hydrogens is 388 g/mol. The second-order valence-electron chi connectivity index (χ2n) is 6.72. The molecule has 0 radical (unpaired) electrons. The fourth-order valence-electron chi connectivity index (χ4n) is 3.47. The molecule has 2 amide bonds. The smallest absolute Gasteiger partial charge is 0.416 e. The molecule has 9 nitrogen and oxygen atoms in total. The largest absolute Gasteiger partial charge is 0.491 e. The van der Waals surface area contributed by atoms with Crippen LogP contribution in [0.4, 0.5) is 25.1 Å². The Morgan fingerprint density at radius 2 is 2.21 bits per heavy atom. The number of alkyl halides is 2. The van der Waals surface area contributed by atoms with Gasteiger partial charge >= 0.3 is 6.09 Å². The summed E-state index contributed by atoms with van der Waals surface area (Å²) in [6.07, 6.45) is -3.59. The zero-order valence-corrected chi connectivity index (χ0v) is 15.5. The van der Waals surface area contributed by atoms with Crippen LogP contribution in [0.5, 0.6) is 5.75 Å². The molecule has 154 valence electrons. The molecule has 4 rings (SSSR count). The van der Waals surface area contributed by atoms with E-state index in [9.17, 15) is 18.4 Å². The summed E-state index contributed by atoms with van der Waals surface area (Å²) in [5, 5.41) is 2.89. The molecule has 0 aliphatic carbocycles. The van der Waals surface area contributed by atoms with E-state index in [1.165, 1.54) is 0 Å². The minimum absolute atomic E-state index is 0.0250. The molecule has 0 bridgehead atoms. The number of cyclic esters (lactones) is 1. The van der Waals surface area contributed by atoms with Crippen LogP contribution in [-0.4, -0.2) is 53.8 Å². The molecule has 1 atom stereocenters. The van der Waals surface area contributed by atoms with Crippen LogP contribution >= 0.6 is 0 Å². The zero-order valence-electron chi connectivity index (χ0n) is 15.5. The molecule has 1 aromatic heterocycles. The topological polar surface area (TPSA) is 112 Å². The highest BCUT2D eigenvalue weighted by molar-refractivity contribution is 5.90. The molecule has 2 aliphatic rings. The van der Waals surface area contributed by atoms with Crippen molar-refractivity contribution in [2.75, 3.05) is 30.0 Å². The number of nitrogens with zero attached hydrogens (tertiary/aromatic N) is 3. The number of anilines is 2. The van der Waals surface area contributed by atoms with Crippen molar-refractivity contribution in [2.24, 2.45) is 5.73 Å². The third kappa shape index (κ3) is 3.32. The third-order valence-electron chi connectivity index (χ3n) is 4.88. The fourth-order valence-corrected chi connectivity index (χ4v) is 3.47. The second kappa shape index (κ2) is 7.22. The van der Waals surface area contributed by atoms with E-state index in [4.69, 9.17) is 15.2 Å². The van der Waals surface area contributed by atoms with Crippen LogP contribution in [0.1, 0.15) is 5.69 Å². The summed E-state index contributed by atoms with van der Waals surface area (Å²) in [6, 6.07) is 3.82. The van der Waals surface area contributed by atoms with Gasteiger partial charge in [0.2, 0.25) is 5.91 Å². The number of hydrogen-bond donors (Lipinski definition) is 2. The number of hydrogen-bond acceptors (Lipinski definition) is 6. The van der Waals surface area contributed by atoms with Crippen molar-refractivity contribution < 1.29 is 27.8 Å². The van der Waals surface area contributed by atoms with Crippen molar-refractivity contribution in [3.8, 4) is 17.1 Å². The van der Waals surface area contributed by atoms with Crippen molar-refractivity contribution in [1.82, 2.24) is 9.55 Å². The van der Waals surface area contributed by atoms with E-state index >= 15 is 0 Å². The predicted octanol–water partition coefficient (Wildman–Crippen LogP) is 1.74. The molecule has 2 aliphatic heterocycles. The van der Waals surface area contributed by atoms with E-state index in [-0.39, 0.29) is 19.0 Å². The Kier molecular flexibility index (Phi) is 4.73. The molecule has 1 unspecified atom stereocenters. The average molecular weight is 407 g/mol. The molecule has 2 aromatic rings. The Morgan fingerprint density at radius 1 is 1.41 bits per heavy atom. The lowest BCUT2D eigenvalue weighted by Gasteiger charge is -2.19. The van der Waals surface area contributed by atoms with Gasteiger partial charge in [0.05, 0.1) is 24.3 Å². The number of fused-ring (bicyclic) bond motifs is 3. The number of amides is 2. The minimum atomic E-state index is -2.75. The minimum Gasteiger partial charge on any atom is -0.491 e. The highest BCUT2D eigenvalue weighted by Gasteiger charge is 2.43. The summed E-state index contributed by atoms with van der Waals surface area (Å²) in [7, 11) is 0. The van der Waals surface area contributed by atoms with Crippen molar-refractivity contribution in [3.05, 3.63) is 23.9 Å². The van der Waals surface area contributed by atoms with E-state index in [0.29, 0.717) is 41.7 Å². The molecule has 1 fully saturated rings. The van der Waals surface area contributed by atoms with E-state index < -0.39 is 24.5 Å². The van der Waals surface area contributed by atoms with Crippen LogP contribution in [0.2, 0.25) is 0 Å². The SMILES string of the molecule is Cc1c(N2C(=O)OCC2C(F)F)nc2n1CCOc1cc(NCC(N)=O)ccc1-2. The first-order valence-electron chi connectivity index (χ1n) is 8.97. The van der Waals surface area contributed by atoms with Gasteiger partial charge in [-0.25, -0.2) is 23.5 Å². The van der Waals surface area contributed by atoms with Crippen molar-refractivity contribution in [2.45, 2.75) is 25.9 Å². The van der Waals surface area contributed by atoms with Crippen molar-refractivity contribution >= 4 is 23.5 Å². The predicted molar refractivity (Wildman–Crippen MR) is 99.2 cm³/mol. The van der Waals surface area contributed by atoms with Gasteiger partial charge in [0.15, 0.2) is 5.82 Å². The summed E-state index contributed by atoms with van der Waals surface area (Å²) >= 11 is 0. The fraction of sp³-hybridized carbons (Fsp3) is 0.389. The van der Waals surface area contributed by atoms with Crippen molar-refractivity contribution in [1.29, 1.82) is 0 Å². The number of nitrogens with one attached hydrogen (secondary N) is 1. The molecule has 0 saturated carbocycles. The summed E-state index contributed by atoms with van der Waals surface area (Å²) in [5.41, 5.74) is 6.99. The highest BCUT2D eigenvalue weighted by Crippen LogP contribution is 2.38. The van der Waals surface area contributed by atoms with Crippen molar-refractivity contribution in [3.63, 3.8) is 0 Å². The first-order valence-corrected chi connectivity index (χ1v) is 8.97. The molecule has 29 heavy (non-hydrogen) atoms. The maximum absolute atomic E-state index is 13.4. The molecule has 1 saturated heterocycles. The maximum Gasteiger partial charge on any atom is 0.416 e. The number of imidazole rings is 1. The first kappa shape index (κ1) is 19.0. The number of carbonyl (C=O) groups excluding carboxylic acids is 2. The van der Waals surface area contributed by atoms with Crippen LogP contribution in [-0.2, 0) is 16.1 Å². The van der Waals surface area contributed by atoms with Gasteiger partial charge in [-0.2, -0.15) is 0 Å². The average Bonchev–Trinajstić information content (AvgIpc) is 3.14. The van der Waals surface area contributed by atoms with Gasteiger partial charge in [-0.3, -0.25) is 4.79 Å².